The highest BCUT2D eigenvalue weighted by Crippen LogP contribution is 2.32. The number of hydrogen-bond donors (Lipinski definition) is 6. The number of likely N-dealkylation sites (N-methyl/N-ethyl adjacent to an activating group) is 7. The van der Waals surface area contributed by atoms with Crippen molar-refractivity contribution in [1.29, 1.82) is 0 Å². The molecule has 25 heteroatoms. The molecule has 3 heterocycles. The fourth-order valence-corrected chi connectivity index (χ4v) is 14.0. The molecule has 4 fully saturated rings. The molecule has 9 amide bonds. The van der Waals surface area contributed by atoms with Gasteiger partial charge in [0.15, 0.2) is 0 Å². The molecule has 538 valence electrons. The van der Waals surface area contributed by atoms with Crippen LogP contribution in [0.25, 0.3) is 0 Å². The van der Waals surface area contributed by atoms with E-state index in [-0.39, 0.29) is 49.4 Å². The minimum atomic E-state index is -1.50. The van der Waals surface area contributed by atoms with Crippen LogP contribution in [0.5, 0.6) is 0 Å². The van der Waals surface area contributed by atoms with E-state index in [9.17, 15) is 24.6 Å². The van der Waals surface area contributed by atoms with Crippen molar-refractivity contribution in [2.45, 2.75) is 259 Å². The molecular weight excluding hydrogens is 1200 g/mol. The number of nitrogens with one attached hydrogen (secondary N) is 4. The first kappa shape index (κ1) is 81.1. The van der Waals surface area contributed by atoms with Crippen LogP contribution in [0.15, 0.2) is 12.2 Å². The lowest BCUT2D eigenvalue weighted by Gasteiger charge is -2.44. The van der Waals surface area contributed by atoms with E-state index >= 15 is 28.8 Å². The first-order chi connectivity index (χ1) is 43.8. The van der Waals surface area contributed by atoms with Crippen molar-refractivity contribution in [1.82, 2.24) is 65.4 Å². The number of carbonyl (C=O) groups excluding carboxylic acids is 9. The van der Waals surface area contributed by atoms with E-state index in [4.69, 9.17) is 4.74 Å². The van der Waals surface area contributed by atoms with E-state index in [0.29, 0.717) is 19.0 Å². The van der Waals surface area contributed by atoms with Gasteiger partial charge in [-0.3, -0.25) is 57.9 Å². The molecule has 0 radical (unpaired) electrons. The van der Waals surface area contributed by atoms with Crippen LogP contribution < -0.4 is 21.3 Å². The highest BCUT2D eigenvalue weighted by molar-refractivity contribution is 5.97. The van der Waals surface area contributed by atoms with Gasteiger partial charge in [-0.1, -0.05) is 94.7 Å². The van der Waals surface area contributed by atoms with E-state index in [1.54, 1.807) is 62.8 Å². The number of nitrogens with zero attached hydrogens (tertiary/aromatic N) is 9. The quantitative estimate of drug-likeness (QED) is 0.129. The Hall–Kier alpha value is -5.31. The predicted molar refractivity (Wildman–Crippen MR) is 364 cm³/mol. The van der Waals surface area contributed by atoms with Crippen LogP contribution in [0.2, 0.25) is 0 Å². The molecule has 4 aliphatic rings. The Balaban J connectivity index is 1.90. The maximum absolute atomic E-state index is 15.3. The van der Waals surface area contributed by atoms with Gasteiger partial charge in [0.05, 0.1) is 30.3 Å². The summed E-state index contributed by atoms with van der Waals surface area (Å²) in [6.07, 6.45) is 3.88. The van der Waals surface area contributed by atoms with E-state index in [0.717, 1.165) is 26.2 Å². The first-order valence-electron chi connectivity index (χ1n) is 34.9. The summed E-state index contributed by atoms with van der Waals surface area (Å²) in [5.74, 6) is -7.01. The summed E-state index contributed by atoms with van der Waals surface area (Å²) in [7, 11) is 10.7. The van der Waals surface area contributed by atoms with Gasteiger partial charge < -0.3 is 65.6 Å². The number of carbonyl (C=O) groups is 9. The van der Waals surface area contributed by atoms with Gasteiger partial charge in [0, 0.05) is 74.0 Å². The van der Waals surface area contributed by atoms with Crippen molar-refractivity contribution in [2.24, 2.45) is 35.5 Å². The molecule has 0 aromatic heterocycles. The zero-order chi connectivity index (χ0) is 71.2. The smallest absolute Gasteiger partial charge is 0.245 e. The van der Waals surface area contributed by atoms with Crippen LogP contribution in [0.3, 0.4) is 0 Å². The number of hydrogen-bond acceptors (Lipinski definition) is 16. The zero-order valence-electron chi connectivity index (χ0n) is 61.6. The lowest BCUT2D eigenvalue weighted by atomic mass is 9.91. The van der Waals surface area contributed by atoms with Crippen molar-refractivity contribution in [2.75, 3.05) is 82.1 Å². The average molecular weight is 1330 g/mol. The first-order valence-corrected chi connectivity index (χ1v) is 34.9. The SMILES string of the molecule is C/C=C/CC(C)[C@H]1OC(C)[C@H]2C(=O)N(C)C1C(=O)NC(CC)C(O)N(C)[C@H](C)C(=O)N(C)[C@@H](C(C)CN1CCN(C3CCC3)CC1)C(=O)N[C@@H](C(C)C)C(=O)N(C)[C@@H](CC(C)C)C(=O)N[C@@H](C)C(=O)N[C@H](C)C(=O)N(C)[C@@H](CC(C)C)C(=O)N(C)C(CC(C)C)C(O)N2C. The molecule has 0 aromatic carbocycles. The summed E-state index contributed by atoms with van der Waals surface area (Å²) in [6.45, 7) is 32.5. The molecule has 6 N–H and O–H groups in total. The van der Waals surface area contributed by atoms with Gasteiger partial charge in [-0.25, -0.2) is 0 Å². The Morgan fingerprint density at radius 2 is 1.10 bits per heavy atom. The second-order valence-electron chi connectivity index (χ2n) is 29.6. The second kappa shape index (κ2) is 36.3. The van der Waals surface area contributed by atoms with Crippen LogP contribution in [0.4, 0.5) is 0 Å². The average Bonchev–Trinajstić information content (AvgIpc) is 1.55. The van der Waals surface area contributed by atoms with Crippen LogP contribution >= 0.6 is 0 Å². The van der Waals surface area contributed by atoms with Gasteiger partial charge in [-0.15, -0.1) is 0 Å². The predicted octanol–water partition coefficient (Wildman–Crippen LogP) is 2.77. The van der Waals surface area contributed by atoms with E-state index < -0.39 is 156 Å². The van der Waals surface area contributed by atoms with Crippen molar-refractivity contribution in [3.05, 3.63) is 12.2 Å². The topological polar surface area (TPSA) is 281 Å². The van der Waals surface area contributed by atoms with Gasteiger partial charge in [-0.05, 0) is 129 Å². The Bertz CT molecular complexity index is 2560. The van der Waals surface area contributed by atoms with Crippen LogP contribution in [-0.4, -0.2) is 287 Å². The number of aliphatic hydroxyl groups is 2. The molecule has 0 aromatic rings. The van der Waals surface area contributed by atoms with Gasteiger partial charge >= 0.3 is 0 Å². The van der Waals surface area contributed by atoms with Crippen molar-refractivity contribution < 1.29 is 58.1 Å². The Kier molecular flexibility index (Phi) is 31.3. The highest BCUT2D eigenvalue weighted by Gasteiger charge is 2.51. The summed E-state index contributed by atoms with van der Waals surface area (Å²) >= 11 is 0. The minimum absolute atomic E-state index is 0.0860. The summed E-state index contributed by atoms with van der Waals surface area (Å²) in [5.41, 5.74) is 0. The van der Waals surface area contributed by atoms with E-state index in [1.807, 2.05) is 74.5 Å². The molecule has 94 heavy (non-hydrogen) atoms. The number of piperazine rings is 1. The van der Waals surface area contributed by atoms with Crippen LogP contribution in [0.1, 0.15) is 162 Å². The fraction of sp³-hybridized carbons (Fsp3) is 0.841. The molecule has 2 bridgehead atoms. The Morgan fingerprint density at radius 3 is 1.62 bits per heavy atom. The second-order valence-corrected chi connectivity index (χ2v) is 29.6. The highest BCUT2D eigenvalue weighted by atomic mass is 16.5. The van der Waals surface area contributed by atoms with E-state index in [1.165, 1.54) is 88.6 Å². The summed E-state index contributed by atoms with van der Waals surface area (Å²) < 4.78 is 6.88. The molecule has 3 aliphatic heterocycles. The summed E-state index contributed by atoms with van der Waals surface area (Å²) in [5, 5.41) is 36.6. The molecule has 25 nitrogen and oxygen atoms in total. The number of allylic oxidation sites excluding steroid dienone is 2. The Morgan fingerprint density at radius 1 is 0.543 bits per heavy atom. The number of aliphatic hydroxyl groups excluding tert-OH is 2. The summed E-state index contributed by atoms with van der Waals surface area (Å²) in [6, 6.07) is -11.9. The van der Waals surface area contributed by atoms with Gasteiger partial charge in [-0.2, -0.15) is 0 Å². The molecule has 0 spiro atoms. The third-order valence-corrected chi connectivity index (χ3v) is 20.4. The van der Waals surface area contributed by atoms with Crippen LogP contribution in [0, 0.1) is 35.5 Å². The third kappa shape index (κ3) is 20.4. The van der Waals surface area contributed by atoms with Crippen molar-refractivity contribution >= 4 is 53.2 Å². The third-order valence-electron chi connectivity index (χ3n) is 20.4. The fourth-order valence-electron chi connectivity index (χ4n) is 14.0. The number of fused-ring (bicyclic) bond motifs is 3. The monoisotopic (exact) mass is 1330 g/mol. The number of ether oxygens (including phenoxy) is 1. The normalized spacial score (nSPS) is 32.6. The molecule has 4 rings (SSSR count). The summed E-state index contributed by atoms with van der Waals surface area (Å²) in [4.78, 5) is 149. The van der Waals surface area contributed by atoms with Crippen molar-refractivity contribution in [3.63, 3.8) is 0 Å². The van der Waals surface area contributed by atoms with Gasteiger partial charge in [0.2, 0.25) is 53.2 Å². The number of rotatable bonds is 15. The maximum atomic E-state index is 15.3. The molecule has 1 aliphatic carbocycles. The maximum Gasteiger partial charge on any atom is 0.245 e. The van der Waals surface area contributed by atoms with Crippen molar-refractivity contribution in [3.8, 4) is 0 Å². The van der Waals surface area contributed by atoms with Gasteiger partial charge in [0.25, 0.3) is 0 Å². The molecular formula is C69H125N13O12. The lowest BCUT2D eigenvalue weighted by Crippen LogP contribution is -2.64. The van der Waals surface area contributed by atoms with Gasteiger partial charge in [0.1, 0.15) is 60.8 Å². The molecule has 1 saturated carbocycles. The largest absolute Gasteiger partial charge is 0.376 e. The minimum Gasteiger partial charge on any atom is -0.376 e. The number of amides is 9. The Labute approximate surface area is 563 Å². The van der Waals surface area contributed by atoms with E-state index in [2.05, 4.69) is 31.1 Å². The standard InChI is InChI=1S/C69H125N13O12/c1-24-26-28-43(11)58-57-62(86)72-50(25-2)65(89)74(17)47(15)64(88)78(21)55(44(12)38-81-31-33-82(34-32-81)49-29-27-30-49)61(85)73-54(42(9)10)68(92)75(18)51(35-39(3)4)60(84)70-45(13)59(83)71-46(14)63(87)76(19)52(36-40(5)6)66(90)77(20)53(37-41(7)8)67(91)79(22)56(48(16)94-58)69(93)80(57)23/h24,26,39-58,65,67,89,91H,25,27-38H2,1-23H3,(H,70,84)(H,71,83)(H,72,86)(H,73,85)/b26-24+/t43?,44?,45-,46+,47+,48?,50?,51-,52-,53?,54-,55-,56-,57?,58+,65?,67?/m0/s1. The molecule has 17 atom stereocenters. The lowest BCUT2D eigenvalue weighted by molar-refractivity contribution is -0.157. The molecule has 3 saturated heterocycles. The molecule has 8 unspecified atom stereocenters. The van der Waals surface area contributed by atoms with Crippen LogP contribution in [-0.2, 0) is 47.9 Å². The zero-order valence-corrected chi connectivity index (χ0v) is 61.6.